The molecule has 1 aromatic heterocycles. The number of hydrogen-bond acceptors (Lipinski definition) is 6. The minimum absolute atomic E-state index is 0.0292. The van der Waals surface area contributed by atoms with Gasteiger partial charge in [-0.1, -0.05) is 38.7 Å². The number of nitrogens with zero attached hydrogens (tertiary/aromatic N) is 3. The summed E-state index contributed by atoms with van der Waals surface area (Å²) in [5.74, 6) is 6.47. The Hall–Kier alpha value is -2.93. The van der Waals surface area contributed by atoms with E-state index >= 15 is 0 Å². The van der Waals surface area contributed by atoms with Gasteiger partial charge in [-0.15, -0.1) is 0 Å². The van der Waals surface area contributed by atoms with Gasteiger partial charge >= 0.3 is 0 Å². The predicted molar refractivity (Wildman–Crippen MR) is 142 cm³/mol. The van der Waals surface area contributed by atoms with Gasteiger partial charge in [0.1, 0.15) is 16.7 Å². The van der Waals surface area contributed by atoms with Gasteiger partial charge in [-0.25, -0.2) is 8.42 Å². The van der Waals surface area contributed by atoms with Crippen LogP contribution in [-0.2, 0) is 21.2 Å². The van der Waals surface area contributed by atoms with Crippen LogP contribution in [0.1, 0.15) is 45.4 Å². The van der Waals surface area contributed by atoms with Gasteiger partial charge < -0.3 is 14.7 Å². The third-order valence-corrected chi connectivity index (χ3v) is 8.37. The van der Waals surface area contributed by atoms with E-state index < -0.39 is 22.2 Å². The number of amides is 1. The van der Waals surface area contributed by atoms with E-state index in [0.29, 0.717) is 17.2 Å². The summed E-state index contributed by atoms with van der Waals surface area (Å²) in [6, 6.07) is 9.68. The van der Waals surface area contributed by atoms with E-state index in [1.807, 2.05) is 13.0 Å². The van der Waals surface area contributed by atoms with Gasteiger partial charge in [0.25, 0.3) is 0 Å². The van der Waals surface area contributed by atoms with Crippen molar-refractivity contribution in [1.29, 1.82) is 0 Å². The molecule has 0 spiro atoms. The van der Waals surface area contributed by atoms with Gasteiger partial charge in [0, 0.05) is 49.4 Å². The molecule has 37 heavy (non-hydrogen) atoms. The average Bonchev–Trinajstić information content (AvgIpc) is 2.86. The van der Waals surface area contributed by atoms with Gasteiger partial charge in [-0.3, -0.25) is 9.78 Å². The Balaban J connectivity index is 1.95. The van der Waals surface area contributed by atoms with Crippen molar-refractivity contribution in [1.82, 2.24) is 14.2 Å². The van der Waals surface area contributed by atoms with Crippen molar-refractivity contribution in [2.45, 2.75) is 57.6 Å². The highest BCUT2D eigenvalue weighted by atomic mass is 32.2. The molecule has 1 aliphatic rings. The van der Waals surface area contributed by atoms with Gasteiger partial charge in [0.2, 0.25) is 15.9 Å². The number of aromatic nitrogens is 1. The summed E-state index contributed by atoms with van der Waals surface area (Å²) in [6.07, 6.45) is 2.05. The van der Waals surface area contributed by atoms with E-state index in [1.165, 1.54) is 10.4 Å². The van der Waals surface area contributed by atoms with E-state index in [-0.39, 0.29) is 48.6 Å². The zero-order chi connectivity index (χ0) is 27.2. The lowest BCUT2D eigenvalue weighted by Crippen LogP contribution is -2.50. The van der Waals surface area contributed by atoms with Crippen molar-refractivity contribution in [3.8, 4) is 17.6 Å². The molecule has 200 valence electrons. The Morgan fingerprint density at radius 3 is 2.68 bits per heavy atom. The van der Waals surface area contributed by atoms with Crippen LogP contribution in [0.15, 0.2) is 47.5 Å². The lowest BCUT2D eigenvalue weighted by atomic mass is 10.0. The van der Waals surface area contributed by atoms with Crippen LogP contribution in [-0.4, -0.2) is 72.5 Å². The molecule has 2 heterocycles. The van der Waals surface area contributed by atoms with E-state index in [1.54, 1.807) is 49.3 Å². The summed E-state index contributed by atoms with van der Waals surface area (Å²) >= 11 is 0. The van der Waals surface area contributed by atoms with Crippen molar-refractivity contribution in [2.75, 3.05) is 26.7 Å². The van der Waals surface area contributed by atoms with E-state index in [0.717, 1.165) is 6.42 Å². The van der Waals surface area contributed by atoms with Crippen LogP contribution in [0.5, 0.6) is 5.75 Å². The van der Waals surface area contributed by atoms with Crippen molar-refractivity contribution in [3.05, 3.63) is 53.9 Å². The highest BCUT2D eigenvalue weighted by Gasteiger charge is 2.38. The number of ether oxygens (including phenoxy) is 1. The number of carbonyl (C=O) groups is 1. The van der Waals surface area contributed by atoms with Crippen LogP contribution < -0.4 is 4.74 Å². The first-order valence-corrected chi connectivity index (χ1v) is 14.0. The summed E-state index contributed by atoms with van der Waals surface area (Å²) in [5.41, 5.74) is 1.33. The molecule has 2 aromatic rings. The highest BCUT2D eigenvalue weighted by molar-refractivity contribution is 7.89. The fraction of sp³-hybridized carbons (Fsp3) is 0.500. The zero-order valence-corrected chi connectivity index (χ0v) is 23.0. The van der Waals surface area contributed by atoms with Crippen molar-refractivity contribution < 1.29 is 23.1 Å². The van der Waals surface area contributed by atoms with Crippen LogP contribution in [0.25, 0.3) is 0 Å². The Morgan fingerprint density at radius 2 is 2.03 bits per heavy atom. The molecular weight excluding hydrogens is 490 g/mol. The highest BCUT2D eigenvalue weighted by Crippen LogP contribution is 2.34. The summed E-state index contributed by atoms with van der Waals surface area (Å²) in [6.45, 7) is 7.83. The van der Waals surface area contributed by atoms with E-state index in [9.17, 15) is 18.3 Å². The molecule has 1 N–H and O–H groups in total. The zero-order valence-electron chi connectivity index (χ0n) is 22.2. The molecule has 0 bridgehead atoms. The number of pyridine rings is 1. The first kappa shape index (κ1) is 28.6. The van der Waals surface area contributed by atoms with E-state index in [2.05, 4.69) is 30.7 Å². The minimum Gasteiger partial charge on any atom is -0.487 e. The Bertz CT molecular complexity index is 1240. The summed E-state index contributed by atoms with van der Waals surface area (Å²) in [7, 11) is -2.23. The molecular formula is C28H37N3O5S. The number of sulfonamides is 1. The lowest BCUT2D eigenvalue weighted by molar-refractivity contribution is -0.130. The fourth-order valence-corrected chi connectivity index (χ4v) is 5.87. The molecule has 0 aliphatic carbocycles. The Labute approximate surface area is 220 Å². The van der Waals surface area contributed by atoms with Crippen LogP contribution in [0.2, 0.25) is 0 Å². The number of benzene rings is 1. The maximum atomic E-state index is 13.6. The number of hydrogen-bond donors (Lipinski definition) is 1. The number of fused-ring (bicyclic) bond motifs is 1. The van der Waals surface area contributed by atoms with Crippen LogP contribution in [0.4, 0.5) is 0 Å². The Morgan fingerprint density at radius 1 is 1.27 bits per heavy atom. The normalized spacial score (nSPS) is 20.0. The summed E-state index contributed by atoms with van der Waals surface area (Å²) in [5, 5.41) is 9.81. The first-order chi connectivity index (χ1) is 17.5. The quantitative estimate of drug-likeness (QED) is 0.556. The second-order valence-corrected chi connectivity index (χ2v) is 11.9. The second kappa shape index (κ2) is 12.5. The van der Waals surface area contributed by atoms with Crippen molar-refractivity contribution in [2.24, 2.45) is 11.8 Å². The van der Waals surface area contributed by atoms with Crippen LogP contribution >= 0.6 is 0 Å². The number of carbonyl (C=O) groups excluding carboxylic acids is 1. The molecule has 1 aromatic carbocycles. The van der Waals surface area contributed by atoms with Gasteiger partial charge in [-0.05, 0) is 43.2 Å². The molecule has 0 radical (unpaired) electrons. The SMILES string of the molecule is CC(C)CC#Cc1ccc2c(c1)O[C@@H](CN(C)C(=O)Cc1ccccn1)[C@H](C)CN([C@@H](C)CO)S2(=O)=O. The Kier molecular flexibility index (Phi) is 9.71. The lowest BCUT2D eigenvalue weighted by Gasteiger charge is -2.37. The number of rotatable bonds is 7. The van der Waals surface area contributed by atoms with Crippen LogP contribution in [0.3, 0.4) is 0 Å². The third kappa shape index (κ3) is 7.31. The molecule has 1 aliphatic heterocycles. The fourth-order valence-electron chi connectivity index (χ4n) is 4.04. The van der Waals surface area contributed by atoms with Gasteiger partial charge in [0.05, 0.1) is 19.6 Å². The monoisotopic (exact) mass is 527 g/mol. The molecule has 0 saturated heterocycles. The third-order valence-electron chi connectivity index (χ3n) is 6.35. The molecule has 3 atom stereocenters. The molecule has 3 rings (SSSR count). The average molecular weight is 528 g/mol. The number of likely N-dealkylation sites (N-methyl/N-ethyl adjacent to an activating group) is 1. The van der Waals surface area contributed by atoms with E-state index in [4.69, 9.17) is 4.74 Å². The molecule has 0 fully saturated rings. The maximum Gasteiger partial charge on any atom is 0.247 e. The second-order valence-electron chi connectivity index (χ2n) is 10.1. The number of aliphatic hydroxyl groups excluding tert-OH is 1. The van der Waals surface area contributed by atoms with Crippen LogP contribution in [0, 0.1) is 23.7 Å². The topological polar surface area (TPSA) is 100 Å². The van der Waals surface area contributed by atoms with Gasteiger partial charge in [0.15, 0.2) is 0 Å². The molecule has 0 saturated carbocycles. The first-order valence-electron chi connectivity index (χ1n) is 12.6. The molecule has 9 heteroatoms. The molecule has 1 amide bonds. The standard InChI is InChI=1S/C28H37N3O5S/c1-20(2)9-8-10-23-12-13-27-25(15-23)36-26(21(3)17-31(22(4)19-32)37(27,34)35)18-30(5)28(33)16-24-11-6-7-14-29-24/h6-7,11-15,20-22,26,32H,9,16-19H2,1-5H3/t21-,22+,26+/m1/s1. The number of aliphatic hydroxyl groups is 1. The minimum atomic E-state index is -3.94. The van der Waals surface area contributed by atoms with Crippen molar-refractivity contribution in [3.63, 3.8) is 0 Å². The van der Waals surface area contributed by atoms with Gasteiger partial charge in [-0.2, -0.15) is 4.31 Å². The molecule has 0 unspecified atom stereocenters. The predicted octanol–water partition coefficient (Wildman–Crippen LogP) is 2.95. The molecule has 8 nitrogen and oxygen atoms in total. The summed E-state index contributed by atoms with van der Waals surface area (Å²) < 4.78 is 34.9. The smallest absolute Gasteiger partial charge is 0.247 e. The largest absolute Gasteiger partial charge is 0.487 e. The van der Waals surface area contributed by atoms with Crippen molar-refractivity contribution >= 4 is 15.9 Å². The maximum absolute atomic E-state index is 13.6. The summed E-state index contributed by atoms with van der Waals surface area (Å²) in [4.78, 5) is 18.8.